The van der Waals surface area contributed by atoms with Crippen LogP contribution >= 0.6 is 0 Å². The molecule has 0 fully saturated rings. The number of fused-ring (bicyclic) bond motifs is 1. The number of hydrogen-bond acceptors (Lipinski definition) is 2. The number of benzene rings is 2. The lowest BCUT2D eigenvalue weighted by Crippen LogP contribution is -2.30. The largest absolute Gasteiger partial charge is 0.416 e. The van der Waals surface area contributed by atoms with E-state index in [1.807, 2.05) is 0 Å². The van der Waals surface area contributed by atoms with E-state index in [-0.39, 0.29) is 17.2 Å². The Hall–Kier alpha value is -2.84. The summed E-state index contributed by atoms with van der Waals surface area (Å²) in [6, 6.07) is 6.80. The number of alkyl halides is 6. The maximum atomic E-state index is 13.2. The maximum absolute atomic E-state index is 13.2. The van der Waals surface area contributed by atoms with Crippen LogP contribution in [0.3, 0.4) is 0 Å². The van der Waals surface area contributed by atoms with Crippen LogP contribution in [0.1, 0.15) is 37.4 Å². The lowest BCUT2D eigenvalue weighted by Gasteiger charge is -2.19. The number of carbonyl (C=O) groups excluding carboxylic acids is 2. The normalized spacial score (nSPS) is 14.8. The minimum atomic E-state index is -5.07. The van der Waals surface area contributed by atoms with Crippen molar-refractivity contribution in [3.63, 3.8) is 0 Å². The summed E-state index contributed by atoms with van der Waals surface area (Å²) in [6.07, 6.45) is -10.0. The van der Waals surface area contributed by atoms with Crippen LogP contribution in [0.25, 0.3) is 0 Å². The van der Waals surface area contributed by atoms with Gasteiger partial charge in [-0.2, -0.15) is 26.3 Å². The van der Waals surface area contributed by atoms with Gasteiger partial charge in [-0.25, -0.2) is 0 Å². The Labute approximate surface area is 142 Å². The highest BCUT2D eigenvalue weighted by molar-refractivity contribution is 6.21. The molecule has 9 heteroatoms. The fourth-order valence-electron chi connectivity index (χ4n) is 2.71. The molecule has 1 aliphatic rings. The second kappa shape index (κ2) is 5.86. The summed E-state index contributed by atoms with van der Waals surface area (Å²) < 4.78 is 77.7. The minimum Gasteiger partial charge on any atom is -0.270 e. The van der Waals surface area contributed by atoms with E-state index in [0.717, 1.165) is 0 Å². The summed E-state index contributed by atoms with van der Waals surface area (Å²) in [5.41, 5.74) is -3.52. The number of halogens is 6. The molecular weight excluding hydrogens is 364 g/mol. The van der Waals surface area contributed by atoms with Gasteiger partial charge in [0.1, 0.15) is 0 Å². The molecule has 1 aliphatic heterocycles. The highest BCUT2D eigenvalue weighted by atomic mass is 19.4. The molecule has 2 aromatic rings. The van der Waals surface area contributed by atoms with E-state index in [0.29, 0.717) is 17.0 Å². The van der Waals surface area contributed by atoms with Crippen molar-refractivity contribution in [2.24, 2.45) is 0 Å². The molecule has 3 rings (SSSR count). The number of rotatable bonds is 2. The van der Waals surface area contributed by atoms with Crippen molar-refractivity contribution < 1.29 is 35.9 Å². The van der Waals surface area contributed by atoms with Crippen LogP contribution in [-0.4, -0.2) is 16.7 Å². The van der Waals surface area contributed by atoms with Crippen LogP contribution in [0.5, 0.6) is 0 Å². The first-order valence-corrected chi connectivity index (χ1v) is 7.22. The quantitative estimate of drug-likeness (QED) is 0.573. The Morgan fingerprint density at radius 1 is 0.769 bits per heavy atom. The zero-order valence-electron chi connectivity index (χ0n) is 12.8. The first-order valence-electron chi connectivity index (χ1n) is 7.22. The number of imide groups is 1. The van der Waals surface area contributed by atoms with E-state index in [9.17, 15) is 35.9 Å². The number of hydrogen-bond donors (Lipinski definition) is 0. The molecular formula is C17H9F6NO2. The minimum absolute atomic E-state index is 0.0203. The van der Waals surface area contributed by atoms with Crippen molar-refractivity contribution in [2.75, 3.05) is 0 Å². The summed E-state index contributed by atoms with van der Waals surface area (Å²) in [7, 11) is 0. The van der Waals surface area contributed by atoms with E-state index in [4.69, 9.17) is 0 Å². The zero-order valence-corrected chi connectivity index (χ0v) is 12.8. The number of nitrogens with zero attached hydrogens (tertiary/aromatic N) is 1. The van der Waals surface area contributed by atoms with Gasteiger partial charge in [0, 0.05) is 0 Å². The van der Waals surface area contributed by atoms with Gasteiger partial charge in [-0.1, -0.05) is 18.2 Å². The molecule has 1 heterocycles. The first kappa shape index (κ1) is 18.0. The molecule has 2 aromatic carbocycles. The number of carbonyl (C=O) groups is 2. The van der Waals surface area contributed by atoms with Crippen LogP contribution in [0.15, 0.2) is 42.5 Å². The highest BCUT2D eigenvalue weighted by Crippen LogP contribution is 2.38. The van der Waals surface area contributed by atoms with Crippen LogP contribution in [-0.2, 0) is 18.9 Å². The molecule has 0 radical (unpaired) electrons. The van der Waals surface area contributed by atoms with Gasteiger partial charge in [-0.3, -0.25) is 14.5 Å². The maximum Gasteiger partial charge on any atom is 0.416 e. The fraction of sp³-hybridized carbons (Fsp3) is 0.176. The fourth-order valence-corrected chi connectivity index (χ4v) is 2.71. The molecule has 0 saturated carbocycles. The predicted molar refractivity (Wildman–Crippen MR) is 77.1 cm³/mol. The van der Waals surface area contributed by atoms with Crippen molar-refractivity contribution in [3.8, 4) is 0 Å². The smallest absolute Gasteiger partial charge is 0.270 e. The third-order valence-electron chi connectivity index (χ3n) is 3.95. The summed E-state index contributed by atoms with van der Waals surface area (Å²) in [5, 5.41) is 0. The van der Waals surface area contributed by atoms with Gasteiger partial charge in [-0.15, -0.1) is 0 Å². The second-order valence-corrected chi connectivity index (χ2v) is 5.61. The summed E-state index contributed by atoms with van der Waals surface area (Å²) in [4.78, 5) is 25.1. The molecule has 0 saturated heterocycles. The number of amides is 2. The molecule has 2 amide bonds. The zero-order chi connectivity index (χ0) is 19.3. The molecule has 0 unspecified atom stereocenters. The predicted octanol–water partition coefficient (Wildman–Crippen LogP) is 4.52. The van der Waals surface area contributed by atoms with Gasteiger partial charge < -0.3 is 0 Å². The summed E-state index contributed by atoms with van der Waals surface area (Å²) in [6.45, 7) is -0.778. The molecule has 0 N–H and O–H groups in total. The standard InChI is InChI=1S/C17H9F6NO2/c18-16(19,20)10-6-5-9(13(7-10)17(21,22)23)8-24-14(25)11-3-1-2-4-12(11)15(24)26/h1-7H,8H2. The SMILES string of the molecule is O=C1c2ccccc2C(=O)N1Cc1ccc(C(F)(F)F)cc1C(F)(F)F. The second-order valence-electron chi connectivity index (χ2n) is 5.61. The first-order chi connectivity index (χ1) is 12.0. The van der Waals surface area contributed by atoms with Gasteiger partial charge in [-0.05, 0) is 29.8 Å². The lowest BCUT2D eigenvalue weighted by atomic mass is 10.0. The molecule has 136 valence electrons. The van der Waals surface area contributed by atoms with Crippen LogP contribution in [0.4, 0.5) is 26.3 Å². The lowest BCUT2D eigenvalue weighted by molar-refractivity contribution is -0.143. The van der Waals surface area contributed by atoms with Crippen molar-refractivity contribution in [1.82, 2.24) is 4.90 Å². The Kier molecular flexibility index (Phi) is 4.05. The Balaban J connectivity index is 2.01. The molecule has 0 aromatic heterocycles. The third-order valence-corrected chi connectivity index (χ3v) is 3.95. The van der Waals surface area contributed by atoms with Crippen molar-refractivity contribution >= 4 is 11.8 Å². The van der Waals surface area contributed by atoms with Gasteiger partial charge in [0.15, 0.2) is 0 Å². The van der Waals surface area contributed by atoms with Gasteiger partial charge in [0.2, 0.25) is 0 Å². The van der Waals surface area contributed by atoms with E-state index in [1.54, 1.807) is 0 Å². The molecule has 0 bridgehead atoms. The molecule has 0 aliphatic carbocycles. The van der Waals surface area contributed by atoms with Crippen LogP contribution < -0.4 is 0 Å². The molecule has 0 atom stereocenters. The average Bonchev–Trinajstić information content (AvgIpc) is 2.79. The molecule has 26 heavy (non-hydrogen) atoms. The average molecular weight is 373 g/mol. The highest BCUT2D eigenvalue weighted by Gasteiger charge is 2.40. The van der Waals surface area contributed by atoms with Crippen molar-refractivity contribution in [1.29, 1.82) is 0 Å². The summed E-state index contributed by atoms with van der Waals surface area (Å²) >= 11 is 0. The van der Waals surface area contributed by atoms with E-state index < -0.39 is 47.4 Å². The summed E-state index contributed by atoms with van der Waals surface area (Å²) in [5.74, 6) is -1.59. The Morgan fingerprint density at radius 2 is 1.31 bits per heavy atom. The Bertz CT molecular complexity index is 866. The molecule has 3 nitrogen and oxygen atoms in total. The van der Waals surface area contributed by atoms with Crippen molar-refractivity contribution in [3.05, 3.63) is 70.3 Å². The topological polar surface area (TPSA) is 37.4 Å². The monoisotopic (exact) mass is 373 g/mol. The van der Waals surface area contributed by atoms with E-state index >= 15 is 0 Å². The van der Waals surface area contributed by atoms with Gasteiger partial charge >= 0.3 is 12.4 Å². The van der Waals surface area contributed by atoms with Crippen LogP contribution in [0, 0.1) is 0 Å². The van der Waals surface area contributed by atoms with E-state index in [1.165, 1.54) is 24.3 Å². The van der Waals surface area contributed by atoms with Crippen LogP contribution in [0.2, 0.25) is 0 Å². The van der Waals surface area contributed by atoms with Gasteiger partial charge in [0.25, 0.3) is 11.8 Å². The van der Waals surface area contributed by atoms with Crippen molar-refractivity contribution in [2.45, 2.75) is 18.9 Å². The Morgan fingerprint density at radius 3 is 1.77 bits per heavy atom. The van der Waals surface area contributed by atoms with Gasteiger partial charge in [0.05, 0.1) is 28.8 Å². The van der Waals surface area contributed by atoms with E-state index in [2.05, 4.69) is 0 Å². The third kappa shape index (κ3) is 3.04. The molecule has 0 spiro atoms.